The summed E-state index contributed by atoms with van der Waals surface area (Å²) in [5.74, 6) is 0.758. The van der Waals surface area contributed by atoms with Gasteiger partial charge in [-0.3, -0.25) is 0 Å². The molecule has 1 aliphatic rings. The zero-order chi connectivity index (χ0) is 14.8. The maximum absolute atomic E-state index is 6.21. The Morgan fingerprint density at radius 1 is 1.35 bits per heavy atom. The van der Waals surface area contributed by atoms with Crippen LogP contribution >= 0.6 is 11.6 Å². The standard InChI is InChI=1S/C17H27ClN2/c1-5-19-11-13-6-7-15(18)10-16(13)20-9-8-14(12-20)17(2,3)4/h6-7,10,14,19H,5,8-9,11-12H2,1-4H3. The van der Waals surface area contributed by atoms with Crippen molar-refractivity contribution in [3.8, 4) is 0 Å². The molecule has 0 aliphatic carbocycles. The molecule has 1 heterocycles. The van der Waals surface area contributed by atoms with Crippen molar-refractivity contribution >= 4 is 17.3 Å². The predicted molar refractivity (Wildman–Crippen MR) is 88.6 cm³/mol. The van der Waals surface area contributed by atoms with Crippen molar-refractivity contribution < 1.29 is 0 Å². The SMILES string of the molecule is CCNCc1ccc(Cl)cc1N1CCC(C(C)(C)C)C1. The highest BCUT2D eigenvalue weighted by atomic mass is 35.5. The van der Waals surface area contributed by atoms with Gasteiger partial charge in [-0.15, -0.1) is 0 Å². The van der Waals surface area contributed by atoms with Gasteiger partial charge in [0, 0.05) is 30.3 Å². The van der Waals surface area contributed by atoms with Gasteiger partial charge in [-0.2, -0.15) is 0 Å². The summed E-state index contributed by atoms with van der Waals surface area (Å²) in [5.41, 5.74) is 3.05. The van der Waals surface area contributed by atoms with E-state index < -0.39 is 0 Å². The maximum Gasteiger partial charge on any atom is 0.0426 e. The summed E-state index contributed by atoms with van der Waals surface area (Å²) >= 11 is 6.21. The molecule has 1 unspecified atom stereocenters. The molecule has 1 fully saturated rings. The lowest BCUT2D eigenvalue weighted by Crippen LogP contribution is -2.27. The van der Waals surface area contributed by atoms with Gasteiger partial charge in [0.2, 0.25) is 0 Å². The smallest absolute Gasteiger partial charge is 0.0426 e. The highest BCUT2D eigenvalue weighted by Gasteiger charge is 2.32. The van der Waals surface area contributed by atoms with Crippen LogP contribution in [0.4, 0.5) is 5.69 Å². The first-order chi connectivity index (χ1) is 9.41. The summed E-state index contributed by atoms with van der Waals surface area (Å²) in [6, 6.07) is 6.28. The predicted octanol–water partition coefficient (Wildman–Crippen LogP) is 4.32. The number of rotatable bonds is 4. The second-order valence-electron chi connectivity index (χ2n) is 6.85. The molecule has 3 heteroatoms. The molecule has 1 atom stereocenters. The summed E-state index contributed by atoms with van der Waals surface area (Å²) in [7, 11) is 0. The molecule has 2 nitrogen and oxygen atoms in total. The molecule has 112 valence electrons. The van der Waals surface area contributed by atoms with Crippen molar-refractivity contribution in [3.63, 3.8) is 0 Å². The van der Waals surface area contributed by atoms with E-state index in [-0.39, 0.29) is 0 Å². The van der Waals surface area contributed by atoms with Crippen molar-refractivity contribution in [1.82, 2.24) is 5.32 Å². The van der Waals surface area contributed by atoms with Gasteiger partial charge < -0.3 is 10.2 Å². The Kier molecular flexibility index (Phi) is 4.98. The van der Waals surface area contributed by atoms with E-state index in [0.29, 0.717) is 5.41 Å². The number of hydrogen-bond donors (Lipinski definition) is 1. The molecule has 1 aromatic carbocycles. The molecule has 1 N–H and O–H groups in total. The molecule has 1 aromatic rings. The number of hydrogen-bond acceptors (Lipinski definition) is 2. The minimum atomic E-state index is 0.384. The second-order valence-corrected chi connectivity index (χ2v) is 7.29. The van der Waals surface area contributed by atoms with Crippen LogP contribution in [0.5, 0.6) is 0 Å². The first-order valence-electron chi connectivity index (χ1n) is 7.66. The van der Waals surface area contributed by atoms with Crippen molar-refractivity contribution in [3.05, 3.63) is 28.8 Å². The van der Waals surface area contributed by atoms with Crippen LogP contribution in [0.2, 0.25) is 5.02 Å². The van der Waals surface area contributed by atoms with Crippen molar-refractivity contribution in [1.29, 1.82) is 0 Å². The van der Waals surface area contributed by atoms with Gasteiger partial charge in [0.05, 0.1) is 0 Å². The number of anilines is 1. The van der Waals surface area contributed by atoms with E-state index >= 15 is 0 Å². The fraction of sp³-hybridized carbons (Fsp3) is 0.647. The van der Waals surface area contributed by atoms with Gasteiger partial charge in [-0.05, 0) is 42.0 Å². The van der Waals surface area contributed by atoms with Gasteiger partial charge in [0.1, 0.15) is 0 Å². The lowest BCUT2D eigenvalue weighted by molar-refractivity contribution is 0.263. The molecular weight excluding hydrogens is 268 g/mol. The van der Waals surface area contributed by atoms with Gasteiger partial charge in [0.25, 0.3) is 0 Å². The molecule has 0 aromatic heterocycles. The van der Waals surface area contributed by atoms with Crippen LogP contribution in [0.15, 0.2) is 18.2 Å². The largest absolute Gasteiger partial charge is 0.371 e. The number of benzene rings is 1. The van der Waals surface area contributed by atoms with Crippen molar-refractivity contribution in [2.75, 3.05) is 24.5 Å². The Labute approximate surface area is 128 Å². The third-order valence-corrected chi connectivity index (χ3v) is 4.60. The Bertz CT molecular complexity index is 451. The molecular formula is C17H27ClN2. The van der Waals surface area contributed by atoms with Gasteiger partial charge in [-0.25, -0.2) is 0 Å². The molecule has 0 radical (unpaired) electrons. The maximum atomic E-state index is 6.21. The molecule has 0 bridgehead atoms. The normalized spacial score (nSPS) is 19.6. The first kappa shape index (κ1) is 15.7. The molecule has 2 rings (SSSR count). The highest BCUT2D eigenvalue weighted by Crippen LogP contribution is 2.37. The number of halogens is 1. The summed E-state index contributed by atoms with van der Waals surface area (Å²) in [4.78, 5) is 2.51. The monoisotopic (exact) mass is 294 g/mol. The van der Waals surface area contributed by atoms with E-state index in [0.717, 1.165) is 37.1 Å². The number of nitrogens with one attached hydrogen (secondary N) is 1. The second kappa shape index (κ2) is 6.36. The first-order valence-corrected chi connectivity index (χ1v) is 8.03. The minimum absolute atomic E-state index is 0.384. The fourth-order valence-electron chi connectivity index (χ4n) is 2.93. The number of nitrogens with zero attached hydrogens (tertiary/aromatic N) is 1. The molecule has 0 saturated carbocycles. The van der Waals surface area contributed by atoms with Crippen LogP contribution in [0.3, 0.4) is 0 Å². The lowest BCUT2D eigenvalue weighted by Gasteiger charge is -2.28. The van der Waals surface area contributed by atoms with Crippen LogP contribution in [0.25, 0.3) is 0 Å². The lowest BCUT2D eigenvalue weighted by atomic mass is 9.80. The van der Waals surface area contributed by atoms with E-state index in [9.17, 15) is 0 Å². The quantitative estimate of drug-likeness (QED) is 0.889. The van der Waals surface area contributed by atoms with Gasteiger partial charge in [-0.1, -0.05) is 45.4 Å². The molecule has 20 heavy (non-hydrogen) atoms. The Balaban J connectivity index is 2.18. The summed E-state index contributed by atoms with van der Waals surface area (Å²) in [6.45, 7) is 13.4. The average molecular weight is 295 g/mol. The molecule has 1 aliphatic heterocycles. The fourth-order valence-corrected chi connectivity index (χ4v) is 3.09. The van der Waals surface area contributed by atoms with Crippen molar-refractivity contribution in [2.24, 2.45) is 11.3 Å². The van der Waals surface area contributed by atoms with E-state index in [1.807, 2.05) is 6.07 Å². The van der Waals surface area contributed by atoms with E-state index in [1.165, 1.54) is 17.7 Å². The summed E-state index contributed by atoms with van der Waals surface area (Å²) < 4.78 is 0. The third kappa shape index (κ3) is 3.67. The van der Waals surface area contributed by atoms with Crippen molar-refractivity contribution in [2.45, 2.75) is 40.7 Å². The van der Waals surface area contributed by atoms with Crippen LogP contribution in [-0.4, -0.2) is 19.6 Å². The molecule has 1 saturated heterocycles. The Morgan fingerprint density at radius 2 is 2.10 bits per heavy atom. The molecule has 0 spiro atoms. The Morgan fingerprint density at radius 3 is 2.70 bits per heavy atom. The average Bonchev–Trinajstić information content (AvgIpc) is 2.86. The van der Waals surface area contributed by atoms with Crippen LogP contribution in [-0.2, 0) is 6.54 Å². The summed E-state index contributed by atoms with van der Waals surface area (Å²) in [6.07, 6.45) is 1.27. The highest BCUT2D eigenvalue weighted by molar-refractivity contribution is 6.30. The van der Waals surface area contributed by atoms with E-state index in [4.69, 9.17) is 11.6 Å². The van der Waals surface area contributed by atoms with Crippen LogP contribution in [0, 0.1) is 11.3 Å². The zero-order valence-electron chi connectivity index (χ0n) is 13.2. The summed E-state index contributed by atoms with van der Waals surface area (Å²) in [5, 5.41) is 4.25. The Hall–Kier alpha value is -0.730. The van der Waals surface area contributed by atoms with Gasteiger partial charge >= 0.3 is 0 Å². The van der Waals surface area contributed by atoms with E-state index in [1.54, 1.807) is 0 Å². The van der Waals surface area contributed by atoms with E-state index in [2.05, 4.69) is 50.0 Å². The zero-order valence-corrected chi connectivity index (χ0v) is 13.9. The van der Waals surface area contributed by atoms with Crippen LogP contribution < -0.4 is 10.2 Å². The van der Waals surface area contributed by atoms with Crippen LogP contribution in [0.1, 0.15) is 39.7 Å². The molecule has 0 amide bonds. The third-order valence-electron chi connectivity index (χ3n) is 4.37. The van der Waals surface area contributed by atoms with Gasteiger partial charge in [0.15, 0.2) is 0 Å². The topological polar surface area (TPSA) is 15.3 Å². The minimum Gasteiger partial charge on any atom is -0.371 e.